The molecule has 3 amide bonds. The fourth-order valence-corrected chi connectivity index (χ4v) is 2.63. The minimum atomic E-state index is -0.443. The molecule has 2 aromatic rings. The minimum absolute atomic E-state index is 0.265. The molecule has 1 aromatic carbocycles. The van der Waals surface area contributed by atoms with E-state index in [1.54, 1.807) is 4.68 Å². The number of nitrogens with one attached hydrogen (secondary N) is 1. The number of aldehydes is 1. The second-order valence-corrected chi connectivity index (χ2v) is 5.26. The molecule has 2 heterocycles. The molecule has 0 spiro atoms. The van der Waals surface area contributed by atoms with Crippen LogP contribution in [0.25, 0.3) is 10.9 Å². The van der Waals surface area contributed by atoms with E-state index in [2.05, 4.69) is 10.4 Å². The number of aryl methyl sites for hydroxylation is 2. The topological polar surface area (TPSA) is 84.3 Å². The molecular formula is C15H16N4O3. The molecule has 0 unspecified atom stereocenters. The first-order valence-corrected chi connectivity index (χ1v) is 7.11. The number of benzene rings is 1. The SMILES string of the molecule is Cn1nc(N2CCC(=O)NC2=O)c2ccc(CCC=O)cc21. The molecule has 114 valence electrons. The number of aromatic nitrogens is 2. The van der Waals surface area contributed by atoms with Gasteiger partial charge in [0.05, 0.1) is 5.52 Å². The maximum atomic E-state index is 12.0. The van der Waals surface area contributed by atoms with E-state index in [0.717, 1.165) is 22.8 Å². The van der Waals surface area contributed by atoms with Crippen molar-refractivity contribution in [1.82, 2.24) is 15.1 Å². The predicted octanol–water partition coefficient (Wildman–Crippen LogP) is 1.15. The number of hydrogen-bond donors (Lipinski definition) is 1. The number of imide groups is 1. The highest BCUT2D eigenvalue weighted by Crippen LogP contribution is 2.28. The zero-order valence-corrected chi connectivity index (χ0v) is 12.2. The minimum Gasteiger partial charge on any atom is -0.303 e. The molecule has 1 fully saturated rings. The molecule has 0 radical (unpaired) electrons. The Morgan fingerprint density at radius 3 is 2.91 bits per heavy atom. The summed E-state index contributed by atoms with van der Waals surface area (Å²) in [7, 11) is 1.81. The van der Waals surface area contributed by atoms with Crippen LogP contribution in [0.5, 0.6) is 0 Å². The van der Waals surface area contributed by atoms with E-state index in [1.165, 1.54) is 4.90 Å². The maximum Gasteiger partial charge on any atom is 0.329 e. The van der Waals surface area contributed by atoms with Gasteiger partial charge in [0.2, 0.25) is 5.91 Å². The lowest BCUT2D eigenvalue weighted by Gasteiger charge is -2.24. The molecule has 1 aliphatic heterocycles. The lowest BCUT2D eigenvalue weighted by atomic mass is 10.1. The predicted molar refractivity (Wildman–Crippen MR) is 80.6 cm³/mol. The third-order valence-electron chi connectivity index (χ3n) is 3.76. The average Bonchev–Trinajstić information content (AvgIpc) is 2.82. The Hall–Kier alpha value is -2.70. The van der Waals surface area contributed by atoms with Gasteiger partial charge in [-0.3, -0.25) is 19.7 Å². The van der Waals surface area contributed by atoms with E-state index in [4.69, 9.17) is 0 Å². The molecule has 1 saturated heterocycles. The van der Waals surface area contributed by atoms with Crippen LogP contribution in [-0.2, 0) is 23.1 Å². The molecule has 7 nitrogen and oxygen atoms in total. The molecule has 0 aliphatic carbocycles. The van der Waals surface area contributed by atoms with Crippen molar-refractivity contribution in [2.24, 2.45) is 7.05 Å². The second-order valence-electron chi connectivity index (χ2n) is 5.26. The fraction of sp³-hybridized carbons (Fsp3) is 0.333. The van der Waals surface area contributed by atoms with Crippen LogP contribution < -0.4 is 10.2 Å². The number of amides is 3. The first-order valence-electron chi connectivity index (χ1n) is 7.11. The van der Waals surface area contributed by atoms with Crippen molar-refractivity contribution in [3.63, 3.8) is 0 Å². The molecule has 1 aliphatic rings. The van der Waals surface area contributed by atoms with E-state index < -0.39 is 6.03 Å². The van der Waals surface area contributed by atoms with Crippen LogP contribution in [0.4, 0.5) is 10.6 Å². The van der Waals surface area contributed by atoms with Gasteiger partial charge in [0, 0.05) is 31.8 Å². The number of carbonyl (C=O) groups excluding carboxylic acids is 3. The van der Waals surface area contributed by atoms with E-state index in [-0.39, 0.29) is 12.3 Å². The smallest absolute Gasteiger partial charge is 0.303 e. The summed E-state index contributed by atoms with van der Waals surface area (Å²) in [4.78, 5) is 35.2. The van der Waals surface area contributed by atoms with Gasteiger partial charge < -0.3 is 4.79 Å². The lowest BCUT2D eigenvalue weighted by molar-refractivity contribution is -0.120. The molecule has 22 heavy (non-hydrogen) atoms. The van der Waals surface area contributed by atoms with Crippen molar-refractivity contribution >= 4 is 34.9 Å². The van der Waals surface area contributed by atoms with Gasteiger partial charge >= 0.3 is 6.03 Å². The standard InChI is InChI=1S/C15H16N4O3/c1-18-12-9-10(3-2-8-20)4-5-11(12)14(17-18)19-7-6-13(21)16-15(19)22/h4-5,8-9H,2-3,6-7H2,1H3,(H,16,21,22). The van der Waals surface area contributed by atoms with Crippen molar-refractivity contribution in [1.29, 1.82) is 0 Å². The van der Waals surface area contributed by atoms with Crippen LogP contribution in [0, 0.1) is 0 Å². The van der Waals surface area contributed by atoms with Gasteiger partial charge in [-0.15, -0.1) is 0 Å². The zero-order valence-electron chi connectivity index (χ0n) is 12.2. The Labute approximate surface area is 126 Å². The summed E-state index contributed by atoms with van der Waals surface area (Å²) >= 11 is 0. The quantitative estimate of drug-likeness (QED) is 0.858. The highest BCUT2D eigenvalue weighted by atomic mass is 16.2. The van der Waals surface area contributed by atoms with Crippen LogP contribution in [0.2, 0.25) is 0 Å². The maximum absolute atomic E-state index is 12.0. The number of nitrogens with zero attached hydrogens (tertiary/aromatic N) is 3. The molecule has 1 aromatic heterocycles. The summed E-state index contributed by atoms with van der Waals surface area (Å²) in [5.74, 6) is 0.280. The monoisotopic (exact) mass is 300 g/mol. The Morgan fingerprint density at radius 1 is 1.36 bits per heavy atom. The number of urea groups is 1. The molecule has 0 bridgehead atoms. The summed E-state index contributed by atoms with van der Waals surface area (Å²) in [5.41, 5.74) is 1.94. The Balaban J connectivity index is 1.99. The summed E-state index contributed by atoms with van der Waals surface area (Å²) in [6, 6.07) is 5.37. The van der Waals surface area contributed by atoms with Gasteiger partial charge in [-0.25, -0.2) is 4.79 Å². The molecule has 3 rings (SSSR count). The summed E-state index contributed by atoms with van der Waals surface area (Å²) in [6.45, 7) is 0.323. The highest BCUT2D eigenvalue weighted by molar-refractivity contribution is 6.08. The van der Waals surface area contributed by atoms with Gasteiger partial charge in [-0.2, -0.15) is 5.10 Å². The van der Waals surface area contributed by atoms with Crippen molar-refractivity contribution in [2.75, 3.05) is 11.4 Å². The summed E-state index contributed by atoms with van der Waals surface area (Å²) in [6.07, 6.45) is 2.32. The van der Waals surface area contributed by atoms with Gasteiger partial charge in [-0.05, 0) is 24.1 Å². The van der Waals surface area contributed by atoms with Gasteiger partial charge in [0.1, 0.15) is 6.29 Å². The third-order valence-corrected chi connectivity index (χ3v) is 3.76. The third kappa shape index (κ3) is 2.45. The van der Waals surface area contributed by atoms with Crippen LogP contribution >= 0.6 is 0 Å². The normalized spacial score (nSPS) is 15.2. The molecule has 1 N–H and O–H groups in total. The van der Waals surface area contributed by atoms with Gasteiger partial charge in [0.15, 0.2) is 5.82 Å². The van der Waals surface area contributed by atoms with Crippen LogP contribution in [0.15, 0.2) is 18.2 Å². The van der Waals surface area contributed by atoms with Crippen LogP contribution in [-0.4, -0.2) is 34.5 Å². The fourth-order valence-electron chi connectivity index (χ4n) is 2.63. The lowest BCUT2D eigenvalue weighted by Crippen LogP contribution is -2.49. The number of rotatable bonds is 4. The van der Waals surface area contributed by atoms with Crippen LogP contribution in [0.1, 0.15) is 18.4 Å². The highest BCUT2D eigenvalue weighted by Gasteiger charge is 2.27. The Morgan fingerprint density at radius 2 is 2.18 bits per heavy atom. The van der Waals surface area contributed by atoms with E-state index in [0.29, 0.717) is 25.2 Å². The van der Waals surface area contributed by atoms with Crippen molar-refractivity contribution in [3.8, 4) is 0 Å². The van der Waals surface area contributed by atoms with E-state index in [9.17, 15) is 14.4 Å². The van der Waals surface area contributed by atoms with Crippen molar-refractivity contribution < 1.29 is 14.4 Å². The molecule has 0 saturated carbocycles. The van der Waals surface area contributed by atoms with Gasteiger partial charge in [0.25, 0.3) is 0 Å². The molecular weight excluding hydrogens is 284 g/mol. The Bertz CT molecular complexity index is 765. The second kappa shape index (κ2) is 5.59. The summed E-state index contributed by atoms with van der Waals surface area (Å²) < 4.78 is 1.71. The first kappa shape index (κ1) is 14.2. The van der Waals surface area contributed by atoms with E-state index >= 15 is 0 Å². The average molecular weight is 300 g/mol. The van der Waals surface area contributed by atoms with E-state index in [1.807, 2.05) is 25.2 Å². The number of carbonyl (C=O) groups is 3. The molecule has 7 heteroatoms. The van der Waals surface area contributed by atoms with Crippen molar-refractivity contribution in [3.05, 3.63) is 23.8 Å². The number of fused-ring (bicyclic) bond motifs is 1. The van der Waals surface area contributed by atoms with Gasteiger partial charge in [-0.1, -0.05) is 6.07 Å². The number of hydrogen-bond acceptors (Lipinski definition) is 4. The first-order chi connectivity index (χ1) is 10.6. The number of anilines is 1. The molecule has 0 atom stereocenters. The zero-order chi connectivity index (χ0) is 15.7. The summed E-state index contributed by atoms with van der Waals surface area (Å²) in [5, 5.41) is 7.56. The van der Waals surface area contributed by atoms with Crippen LogP contribution in [0.3, 0.4) is 0 Å². The van der Waals surface area contributed by atoms with Crippen molar-refractivity contribution in [2.45, 2.75) is 19.3 Å². The largest absolute Gasteiger partial charge is 0.329 e. The Kier molecular flexibility index (Phi) is 3.62.